The minimum atomic E-state index is -1.09. The molecule has 0 unspecified atom stereocenters. The largest absolute Gasteiger partial charge is 0.550 e. The van der Waals surface area contributed by atoms with Crippen LogP contribution in [0, 0.1) is 5.92 Å². The molecule has 0 aromatic carbocycles. The van der Waals surface area contributed by atoms with Gasteiger partial charge in [0.05, 0.1) is 0 Å². The molecule has 0 saturated heterocycles. The van der Waals surface area contributed by atoms with Crippen molar-refractivity contribution in [2.24, 2.45) is 5.92 Å². The molecule has 0 heterocycles. The quantitative estimate of drug-likeness (QED) is 0.691. The van der Waals surface area contributed by atoms with Gasteiger partial charge in [0, 0.05) is 18.9 Å². The third-order valence-electron chi connectivity index (χ3n) is 3.20. The molecule has 0 aliphatic heterocycles. The summed E-state index contributed by atoms with van der Waals surface area (Å²) in [5, 5.41) is 13.2. The highest BCUT2D eigenvalue weighted by Gasteiger charge is 2.09. The van der Waals surface area contributed by atoms with Crippen LogP contribution >= 0.6 is 0 Å². The number of carboxylic acid groups (broad SMARTS) is 1. The van der Waals surface area contributed by atoms with Gasteiger partial charge in [0.1, 0.15) is 0 Å². The number of hydrogen-bond acceptors (Lipinski definition) is 3. The summed E-state index contributed by atoms with van der Waals surface area (Å²) >= 11 is 0. The first-order valence-corrected chi connectivity index (χ1v) is 6.72. The van der Waals surface area contributed by atoms with Crippen molar-refractivity contribution >= 4 is 11.9 Å². The van der Waals surface area contributed by atoms with Gasteiger partial charge in [-0.2, -0.15) is 0 Å². The maximum Gasteiger partial charge on any atom is 0.220 e. The molecule has 1 atom stereocenters. The number of carbonyl (C=O) groups excluding carboxylic acids is 2. The number of hydrogen-bond donors (Lipinski definition) is 1. The minimum absolute atomic E-state index is 0.0570. The number of carboxylic acids is 1. The predicted octanol–water partition coefficient (Wildman–Crippen LogP) is 1.16. The van der Waals surface area contributed by atoms with E-state index in [1.807, 2.05) is 0 Å². The summed E-state index contributed by atoms with van der Waals surface area (Å²) in [5.41, 5.74) is 1.43. The molecule has 0 fully saturated rings. The van der Waals surface area contributed by atoms with Gasteiger partial charge in [0.2, 0.25) is 5.91 Å². The van der Waals surface area contributed by atoms with E-state index in [0.717, 1.165) is 19.3 Å². The molecule has 1 aliphatic rings. The number of amides is 1. The average Bonchev–Trinajstić information content (AvgIpc) is 2.29. The van der Waals surface area contributed by atoms with E-state index in [2.05, 4.69) is 11.4 Å². The Morgan fingerprint density at radius 1 is 1.39 bits per heavy atom. The van der Waals surface area contributed by atoms with Crippen molar-refractivity contribution in [2.75, 3.05) is 6.54 Å². The van der Waals surface area contributed by atoms with Gasteiger partial charge in [-0.05, 0) is 44.4 Å². The Morgan fingerprint density at radius 3 is 2.78 bits per heavy atom. The standard InChI is InChI=1S/C14H23NO3/c1-11(10-14(17)18)9-13(16)15-8-7-12-5-3-2-4-6-12/h5,11H,2-4,6-10H2,1H3,(H,15,16)(H,17,18)/p-1/t11-/m1/s1. The lowest BCUT2D eigenvalue weighted by atomic mass is 9.97. The van der Waals surface area contributed by atoms with Crippen molar-refractivity contribution in [1.29, 1.82) is 0 Å². The summed E-state index contributed by atoms with van der Waals surface area (Å²) in [6.07, 6.45) is 8.22. The van der Waals surface area contributed by atoms with Crippen LogP contribution in [0.5, 0.6) is 0 Å². The number of carbonyl (C=O) groups is 2. The summed E-state index contributed by atoms with van der Waals surface area (Å²) in [5.74, 6) is -1.33. The maximum absolute atomic E-state index is 11.5. The molecule has 0 saturated carbocycles. The second-order valence-corrected chi connectivity index (χ2v) is 5.09. The highest BCUT2D eigenvalue weighted by molar-refractivity contribution is 5.76. The van der Waals surface area contributed by atoms with E-state index < -0.39 is 5.97 Å². The highest BCUT2D eigenvalue weighted by atomic mass is 16.4. The second kappa shape index (κ2) is 7.90. The molecule has 0 spiro atoms. The maximum atomic E-state index is 11.5. The SMILES string of the molecule is C[C@@H](CC(=O)[O-])CC(=O)NCCC1=CCCCC1. The van der Waals surface area contributed by atoms with Crippen LogP contribution in [0.2, 0.25) is 0 Å². The van der Waals surface area contributed by atoms with Crippen LogP contribution in [-0.2, 0) is 9.59 Å². The first-order valence-electron chi connectivity index (χ1n) is 6.72. The zero-order valence-corrected chi connectivity index (χ0v) is 11.0. The van der Waals surface area contributed by atoms with Gasteiger partial charge in [0.15, 0.2) is 0 Å². The normalized spacial score (nSPS) is 16.8. The van der Waals surface area contributed by atoms with E-state index in [9.17, 15) is 14.7 Å². The van der Waals surface area contributed by atoms with Gasteiger partial charge >= 0.3 is 0 Å². The van der Waals surface area contributed by atoms with Crippen molar-refractivity contribution in [3.05, 3.63) is 11.6 Å². The van der Waals surface area contributed by atoms with Crippen molar-refractivity contribution in [3.63, 3.8) is 0 Å². The van der Waals surface area contributed by atoms with E-state index in [0.29, 0.717) is 6.54 Å². The van der Waals surface area contributed by atoms with Gasteiger partial charge in [-0.15, -0.1) is 0 Å². The fourth-order valence-corrected chi connectivity index (χ4v) is 2.24. The number of rotatable bonds is 7. The molecule has 18 heavy (non-hydrogen) atoms. The first-order chi connectivity index (χ1) is 8.58. The van der Waals surface area contributed by atoms with E-state index in [-0.39, 0.29) is 24.7 Å². The van der Waals surface area contributed by atoms with E-state index >= 15 is 0 Å². The van der Waals surface area contributed by atoms with Gasteiger partial charge < -0.3 is 15.2 Å². The molecule has 4 heteroatoms. The van der Waals surface area contributed by atoms with Crippen LogP contribution in [0.3, 0.4) is 0 Å². The smallest absolute Gasteiger partial charge is 0.220 e. The molecule has 1 amide bonds. The second-order valence-electron chi connectivity index (χ2n) is 5.09. The van der Waals surface area contributed by atoms with Gasteiger partial charge in [-0.25, -0.2) is 0 Å². The highest BCUT2D eigenvalue weighted by Crippen LogP contribution is 2.19. The molecule has 4 nitrogen and oxygen atoms in total. The van der Waals surface area contributed by atoms with Crippen molar-refractivity contribution < 1.29 is 14.7 Å². The van der Waals surface area contributed by atoms with E-state index in [1.165, 1.54) is 18.4 Å². The Labute approximate surface area is 108 Å². The molecule has 0 aromatic rings. The summed E-state index contributed by atoms with van der Waals surface area (Å²) in [6, 6.07) is 0. The number of aliphatic carboxylic acids is 1. The van der Waals surface area contributed by atoms with Crippen LogP contribution in [0.25, 0.3) is 0 Å². The lowest BCUT2D eigenvalue weighted by molar-refractivity contribution is -0.306. The molecular weight excluding hydrogens is 230 g/mol. The zero-order valence-electron chi connectivity index (χ0n) is 11.0. The summed E-state index contributed by atoms with van der Waals surface area (Å²) < 4.78 is 0. The molecule has 1 N–H and O–H groups in total. The summed E-state index contributed by atoms with van der Waals surface area (Å²) in [4.78, 5) is 21.9. The topological polar surface area (TPSA) is 69.2 Å². The molecule has 0 bridgehead atoms. The Kier molecular flexibility index (Phi) is 6.47. The van der Waals surface area contributed by atoms with Crippen LogP contribution < -0.4 is 10.4 Å². The molecular formula is C14H22NO3-. The van der Waals surface area contributed by atoms with Gasteiger partial charge in [-0.3, -0.25) is 4.79 Å². The summed E-state index contributed by atoms with van der Waals surface area (Å²) in [6.45, 7) is 2.40. The monoisotopic (exact) mass is 252 g/mol. The third kappa shape index (κ3) is 6.42. The van der Waals surface area contributed by atoms with Crippen molar-refractivity contribution in [1.82, 2.24) is 5.32 Å². The molecule has 1 aliphatic carbocycles. The fourth-order valence-electron chi connectivity index (χ4n) is 2.24. The molecule has 1 rings (SSSR count). The van der Waals surface area contributed by atoms with Crippen LogP contribution in [0.4, 0.5) is 0 Å². The predicted molar refractivity (Wildman–Crippen MR) is 67.6 cm³/mol. The van der Waals surface area contributed by atoms with Crippen LogP contribution in [0.15, 0.2) is 11.6 Å². The third-order valence-corrected chi connectivity index (χ3v) is 3.20. The number of allylic oxidation sites excluding steroid dienone is 1. The summed E-state index contributed by atoms with van der Waals surface area (Å²) in [7, 11) is 0. The minimum Gasteiger partial charge on any atom is -0.550 e. The first kappa shape index (κ1) is 14.7. The average molecular weight is 252 g/mol. The van der Waals surface area contributed by atoms with E-state index in [1.54, 1.807) is 6.92 Å². The van der Waals surface area contributed by atoms with Crippen LogP contribution in [0.1, 0.15) is 51.9 Å². The lowest BCUT2D eigenvalue weighted by Crippen LogP contribution is -2.29. The Hall–Kier alpha value is -1.32. The number of nitrogens with one attached hydrogen (secondary N) is 1. The van der Waals surface area contributed by atoms with E-state index in [4.69, 9.17) is 0 Å². The Balaban J connectivity index is 2.13. The molecule has 0 aromatic heterocycles. The zero-order chi connectivity index (χ0) is 13.4. The van der Waals surface area contributed by atoms with Crippen molar-refractivity contribution in [2.45, 2.75) is 51.9 Å². The lowest BCUT2D eigenvalue weighted by Gasteiger charge is -2.14. The van der Waals surface area contributed by atoms with Crippen molar-refractivity contribution in [3.8, 4) is 0 Å². The van der Waals surface area contributed by atoms with Crippen LogP contribution in [-0.4, -0.2) is 18.4 Å². The Bertz CT molecular complexity index is 323. The molecule has 102 valence electrons. The fraction of sp³-hybridized carbons (Fsp3) is 0.714. The van der Waals surface area contributed by atoms with Gasteiger partial charge in [0.25, 0.3) is 0 Å². The molecule has 0 radical (unpaired) electrons. The Morgan fingerprint density at radius 2 is 2.17 bits per heavy atom. The van der Waals surface area contributed by atoms with Gasteiger partial charge in [-0.1, -0.05) is 18.6 Å².